The highest BCUT2D eigenvalue weighted by atomic mass is 79.9. The number of aromatic nitrogens is 2. The third-order valence-corrected chi connectivity index (χ3v) is 4.05. The summed E-state index contributed by atoms with van der Waals surface area (Å²) in [5, 5.41) is 21.0. The molecule has 3 aromatic rings. The predicted octanol–water partition coefficient (Wildman–Crippen LogP) is 4.76. The second kappa shape index (κ2) is 7.57. The maximum atomic E-state index is 12.7. The zero-order chi connectivity index (χ0) is 18.7. The Morgan fingerprint density at radius 1 is 1.23 bits per heavy atom. The molecule has 1 aromatic heterocycles. The van der Waals surface area contributed by atoms with Gasteiger partial charge in [0.2, 0.25) is 0 Å². The first-order valence-electron chi connectivity index (χ1n) is 7.94. The number of nitrogens with one attached hydrogen (secondary N) is 1. The minimum atomic E-state index is -0.363. The van der Waals surface area contributed by atoms with Crippen molar-refractivity contribution in [1.82, 2.24) is 9.78 Å². The zero-order valence-corrected chi connectivity index (χ0v) is 15.8. The number of phenols is 1. The molecule has 0 aliphatic carbocycles. The number of phenolic OH excluding ortho intramolecular Hbond substituents is 1. The molecule has 0 unspecified atom stereocenters. The van der Waals surface area contributed by atoms with Crippen LogP contribution in [-0.2, 0) is 0 Å². The molecule has 0 fully saturated rings. The van der Waals surface area contributed by atoms with Crippen molar-refractivity contribution in [3.05, 3.63) is 63.0 Å². The summed E-state index contributed by atoms with van der Waals surface area (Å²) in [6, 6.07) is 12.0. The van der Waals surface area contributed by atoms with Crippen molar-refractivity contribution in [1.29, 1.82) is 0 Å². The van der Waals surface area contributed by atoms with Crippen molar-refractivity contribution in [3.8, 4) is 17.2 Å². The molecule has 0 atom stereocenters. The molecule has 0 aliphatic heterocycles. The molecule has 0 spiro atoms. The van der Waals surface area contributed by atoms with E-state index in [9.17, 15) is 9.90 Å². The van der Waals surface area contributed by atoms with E-state index in [-0.39, 0.29) is 17.0 Å². The molecule has 26 heavy (non-hydrogen) atoms. The summed E-state index contributed by atoms with van der Waals surface area (Å²) < 4.78 is 7.47. The Hall–Kier alpha value is -2.87. The molecule has 8 heteroatoms. The van der Waals surface area contributed by atoms with Gasteiger partial charge in [0.05, 0.1) is 18.0 Å². The topological polar surface area (TPSA) is 92.0 Å². The van der Waals surface area contributed by atoms with E-state index in [2.05, 4.69) is 31.3 Å². The number of aromatic hydroxyl groups is 1. The van der Waals surface area contributed by atoms with Crippen LogP contribution < -0.4 is 10.3 Å². The van der Waals surface area contributed by atoms with Crippen LogP contribution in [0.1, 0.15) is 12.6 Å². The van der Waals surface area contributed by atoms with Crippen molar-refractivity contribution >= 4 is 27.3 Å². The van der Waals surface area contributed by atoms with E-state index in [1.807, 2.05) is 19.1 Å². The minimum Gasteiger partial charge on any atom is -0.508 e. The highest BCUT2D eigenvalue weighted by Gasteiger charge is 2.13. The number of H-pyrrole nitrogens is 1. The molecule has 0 saturated heterocycles. The van der Waals surface area contributed by atoms with Gasteiger partial charge < -0.3 is 9.84 Å². The predicted molar refractivity (Wildman–Crippen MR) is 102 cm³/mol. The van der Waals surface area contributed by atoms with E-state index >= 15 is 0 Å². The number of nitrogens with zero attached hydrogens (tertiary/aromatic N) is 3. The lowest BCUT2D eigenvalue weighted by Gasteiger charge is -2.04. The molecular formula is C18H17BrN4O3. The van der Waals surface area contributed by atoms with Crippen LogP contribution in [0, 0.1) is 6.92 Å². The highest BCUT2D eigenvalue weighted by Crippen LogP contribution is 2.29. The SMILES string of the molecule is CCOc1ccccc1N=Nc1c(C)[nH]n(-c2cc(O)cc(Br)c2)c1=O. The summed E-state index contributed by atoms with van der Waals surface area (Å²) in [6.45, 7) is 4.13. The van der Waals surface area contributed by atoms with Gasteiger partial charge in [-0.05, 0) is 38.1 Å². The largest absolute Gasteiger partial charge is 0.508 e. The number of aryl methyl sites for hydroxylation is 1. The van der Waals surface area contributed by atoms with Crippen LogP contribution in [0.2, 0.25) is 0 Å². The van der Waals surface area contributed by atoms with Crippen molar-refractivity contribution in [2.45, 2.75) is 13.8 Å². The zero-order valence-electron chi connectivity index (χ0n) is 14.2. The molecule has 0 amide bonds. The fourth-order valence-corrected chi connectivity index (χ4v) is 2.92. The van der Waals surface area contributed by atoms with Gasteiger partial charge in [-0.2, -0.15) is 0 Å². The molecule has 0 saturated carbocycles. The molecular weight excluding hydrogens is 400 g/mol. The normalized spacial score (nSPS) is 11.2. The number of benzene rings is 2. The molecule has 2 aromatic carbocycles. The molecule has 1 heterocycles. The third kappa shape index (κ3) is 3.70. The highest BCUT2D eigenvalue weighted by molar-refractivity contribution is 9.10. The monoisotopic (exact) mass is 416 g/mol. The molecule has 3 rings (SSSR count). The first-order valence-corrected chi connectivity index (χ1v) is 8.74. The standard InChI is InChI=1S/C18H17BrN4O3/c1-3-26-16-7-5-4-6-15(16)20-21-17-11(2)22-23(18(17)25)13-8-12(19)9-14(24)10-13/h4-10,22,24H,3H2,1-2H3. The number of rotatable bonds is 5. The van der Waals surface area contributed by atoms with Gasteiger partial charge in [0.25, 0.3) is 5.56 Å². The number of azo groups is 1. The lowest BCUT2D eigenvalue weighted by atomic mass is 10.3. The number of aromatic amines is 1. The van der Waals surface area contributed by atoms with E-state index < -0.39 is 0 Å². The van der Waals surface area contributed by atoms with E-state index in [1.54, 1.807) is 25.1 Å². The second-order valence-electron chi connectivity index (χ2n) is 5.49. The van der Waals surface area contributed by atoms with Gasteiger partial charge in [0, 0.05) is 10.5 Å². The van der Waals surface area contributed by atoms with Crippen LogP contribution in [0.25, 0.3) is 5.69 Å². The summed E-state index contributed by atoms with van der Waals surface area (Å²) >= 11 is 3.30. The van der Waals surface area contributed by atoms with Crippen molar-refractivity contribution in [3.63, 3.8) is 0 Å². The Morgan fingerprint density at radius 3 is 2.73 bits per heavy atom. The van der Waals surface area contributed by atoms with Gasteiger partial charge in [-0.15, -0.1) is 10.2 Å². The molecule has 2 N–H and O–H groups in total. The maximum Gasteiger partial charge on any atom is 0.299 e. The average molecular weight is 417 g/mol. The van der Waals surface area contributed by atoms with E-state index in [0.717, 1.165) is 0 Å². The summed E-state index contributed by atoms with van der Waals surface area (Å²) in [7, 11) is 0. The number of halogens is 1. The lowest BCUT2D eigenvalue weighted by Crippen LogP contribution is -2.13. The summed E-state index contributed by atoms with van der Waals surface area (Å²) in [5.74, 6) is 0.645. The number of hydrogen-bond acceptors (Lipinski definition) is 5. The first-order chi connectivity index (χ1) is 12.5. The summed E-state index contributed by atoms with van der Waals surface area (Å²) in [6.07, 6.45) is 0. The summed E-state index contributed by atoms with van der Waals surface area (Å²) in [5.41, 5.74) is 1.42. The first kappa shape index (κ1) is 17.9. The number of hydrogen-bond donors (Lipinski definition) is 2. The van der Waals surface area contributed by atoms with Crippen LogP contribution in [0.5, 0.6) is 11.5 Å². The van der Waals surface area contributed by atoms with Crippen molar-refractivity contribution < 1.29 is 9.84 Å². The molecule has 0 radical (unpaired) electrons. The van der Waals surface area contributed by atoms with Gasteiger partial charge >= 0.3 is 0 Å². The molecule has 0 aliphatic rings. The minimum absolute atomic E-state index is 0.0438. The molecule has 7 nitrogen and oxygen atoms in total. The van der Waals surface area contributed by atoms with E-state index in [1.165, 1.54) is 16.8 Å². The van der Waals surface area contributed by atoms with Crippen molar-refractivity contribution in [2.24, 2.45) is 10.2 Å². The second-order valence-corrected chi connectivity index (χ2v) is 6.41. The van der Waals surface area contributed by atoms with Crippen LogP contribution >= 0.6 is 15.9 Å². The number of ether oxygens (including phenoxy) is 1. The Morgan fingerprint density at radius 2 is 2.00 bits per heavy atom. The molecule has 134 valence electrons. The third-order valence-electron chi connectivity index (χ3n) is 3.59. The van der Waals surface area contributed by atoms with Gasteiger partial charge in [-0.25, -0.2) is 4.68 Å². The van der Waals surface area contributed by atoms with Gasteiger partial charge in [0.1, 0.15) is 17.2 Å². The smallest absolute Gasteiger partial charge is 0.299 e. The van der Waals surface area contributed by atoms with Crippen LogP contribution in [0.4, 0.5) is 11.4 Å². The van der Waals surface area contributed by atoms with Crippen molar-refractivity contribution in [2.75, 3.05) is 6.61 Å². The quantitative estimate of drug-likeness (QED) is 0.587. The van der Waals surface area contributed by atoms with Crippen LogP contribution in [0.15, 0.2) is 62.0 Å². The lowest BCUT2D eigenvalue weighted by molar-refractivity contribution is 0.341. The number of para-hydroxylation sites is 1. The Labute approximate surface area is 158 Å². The maximum absolute atomic E-state index is 12.7. The van der Waals surface area contributed by atoms with Crippen LogP contribution in [0.3, 0.4) is 0 Å². The summed E-state index contributed by atoms with van der Waals surface area (Å²) in [4.78, 5) is 12.7. The van der Waals surface area contributed by atoms with Gasteiger partial charge in [-0.3, -0.25) is 9.89 Å². The van der Waals surface area contributed by atoms with E-state index in [4.69, 9.17) is 4.74 Å². The Kier molecular flexibility index (Phi) is 5.22. The van der Waals surface area contributed by atoms with Gasteiger partial charge in [-0.1, -0.05) is 28.1 Å². The van der Waals surface area contributed by atoms with Crippen LogP contribution in [-0.4, -0.2) is 21.5 Å². The molecule has 0 bridgehead atoms. The van der Waals surface area contributed by atoms with Gasteiger partial charge in [0.15, 0.2) is 5.69 Å². The Balaban J connectivity index is 2.00. The Bertz CT molecular complexity index is 1000. The fraction of sp³-hybridized carbons (Fsp3) is 0.167. The fourth-order valence-electron chi connectivity index (χ4n) is 2.45. The average Bonchev–Trinajstić information content (AvgIpc) is 2.88. The van der Waals surface area contributed by atoms with E-state index in [0.29, 0.717) is 33.9 Å².